The Bertz CT molecular complexity index is 1770. The number of para-hydroxylation sites is 3. The van der Waals surface area contributed by atoms with Gasteiger partial charge in [-0.05, 0) is 39.3 Å². The van der Waals surface area contributed by atoms with E-state index in [0.29, 0.717) is 40.4 Å². The number of rotatable bonds is 20. The van der Waals surface area contributed by atoms with Gasteiger partial charge >= 0.3 is 17.9 Å². The third-order valence-electron chi connectivity index (χ3n) is 8.79. The predicted molar refractivity (Wildman–Crippen MR) is 202 cm³/mol. The number of carbonyl (C=O) groups excluding carboxylic acids is 3. The van der Waals surface area contributed by atoms with Gasteiger partial charge in [-0.15, -0.1) is 0 Å². The van der Waals surface area contributed by atoms with Crippen LogP contribution in [0.3, 0.4) is 0 Å². The smallest absolute Gasteiger partial charge is 0.333 e. The molecule has 3 rings (SSSR count). The van der Waals surface area contributed by atoms with Crippen LogP contribution in [0.1, 0.15) is 77.1 Å². The van der Waals surface area contributed by atoms with Crippen molar-refractivity contribution in [3.05, 3.63) is 125 Å². The van der Waals surface area contributed by atoms with Crippen LogP contribution in [0, 0.1) is 0 Å². The van der Waals surface area contributed by atoms with Gasteiger partial charge in [-0.25, -0.2) is 14.4 Å². The van der Waals surface area contributed by atoms with E-state index in [1.807, 2.05) is 66.7 Å². The normalized spacial score (nSPS) is 12.1. The number of benzene rings is 3. The van der Waals surface area contributed by atoms with E-state index in [1.54, 1.807) is 20.8 Å². The fourth-order valence-corrected chi connectivity index (χ4v) is 5.67. The first-order valence-corrected chi connectivity index (χ1v) is 17.3. The van der Waals surface area contributed by atoms with Crippen molar-refractivity contribution in [3.8, 4) is 17.2 Å². The monoisotopic (exact) mass is 712 g/mol. The van der Waals surface area contributed by atoms with Crippen LogP contribution in [0.25, 0.3) is 0 Å². The molecule has 0 spiro atoms. The molecule has 0 aromatic heterocycles. The topological polar surface area (TPSA) is 107 Å². The van der Waals surface area contributed by atoms with Crippen molar-refractivity contribution in [1.82, 2.24) is 0 Å². The van der Waals surface area contributed by atoms with E-state index in [2.05, 4.69) is 47.4 Å². The number of hydrogen-bond acceptors (Lipinski definition) is 9. The molecule has 0 saturated carbocycles. The van der Waals surface area contributed by atoms with Crippen molar-refractivity contribution in [2.75, 3.05) is 39.6 Å². The molecule has 9 heteroatoms. The molecule has 1 unspecified atom stereocenters. The van der Waals surface area contributed by atoms with Crippen molar-refractivity contribution in [2.24, 2.45) is 0 Å². The summed E-state index contributed by atoms with van der Waals surface area (Å²) in [5.41, 5.74) is 3.26. The molecule has 1 atom stereocenters. The van der Waals surface area contributed by atoms with Gasteiger partial charge in [-0.1, -0.05) is 102 Å². The van der Waals surface area contributed by atoms with Gasteiger partial charge in [0.05, 0.1) is 0 Å². The second-order valence-electron chi connectivity index (χ2n) is 13.3. The summed E-state index contributed by atoms with van der Waals surface area (Å²) in [6.07, 6.45) is 0.672. The zero-order chi connectivity index (χ0) is 38.5. The Morgan fingerprint density at radius 1 is 0.519 bits per heavy atom. The van der Waals surface area contributed by atoms with Crippen LogP contribution in [0.15, 0.2) is 103 Å². The van der Waals surface area contributed by atoms with Gasteiger partial charge in [0.2, 0.25) is 0 Å². The Kier molecular flexibility index (Phi) is 14.9. The summed E-state index contributed by atoms with van der Waals surface area (Å²) in [6, 6.07) is 21.6. The Hall–Kier alpha value is -5.31. The highest BCUT2D eigenvalue weighted by molar-refractivity contribution is 5.87. The molecule has 278 valence electrons. The van der Waals surface area contributed by atoms with Crippen LogP contribution in [-0.2, 0) is 39.4 Å². The van der Waals surface area contributed by atoms with Crippen molar-refractivity contribution in [3.63, 3.8) is 0 Å². The second-order valence-corrected chi connectivity index (χ2v) is 13.3. The number of hydrogen-bond donors (Lipinski definition) is 0. The van der Waals surface area contributed by atoms with Crippen LogP contribution in [-0.4, -0.2) is 57.5 Å². The minimum atomic E-state index is -0.664. The summed E-state index contributed by atoms with van der Waals surface area (Å²) in [7, 11) is 0. The molecule has 9 nitrogen and oxygen atoms in total. The molecule has 0 aliphatic rings. The van der Waals surface area contributed by atoms with E-state index in [0.717, 1.165) is 22.3 Å². The van der Waals surface area contributed by atoms with Crippen LogP contribution in [0.4, 0.5) is 0 Å². The molecule has 0 radical (unpaired) electrons. The Labute approximate surface area is 308 Å². The molecular weight excluding hydrogens is 660 g/mol. The first-order chi connectivity index (χ1) is 24.6. The van der Waals surface area contributed by atoms with E-state index in [1.165, 1.54) is 0 Å². The van der Waals surface area contributed by atoms with Gasteiger partial charge in [0.1, 0.15) is 56.9 Å². The van der Waals surface area contributed by atoms with Crippen molar-refractivity contribution < 1.29 is 42.8 Å². The van der Waals surface area contributed by atoms with Crippen molar-refractivity contribution in [1.29, 1.82) is 0 Å². The molecule has 52 heavy (non-hydrogen) atoms. The predicted octanol–water partition coefficient (Wildman–Crippen LogP) is 8.22. The lowest BCUT2D eigenvalue weighted by Gasteiger charge is -2.36. The van der Waals surface area contributed by atoms with Gasteiger partial charge in [0, 0.05) is 49.8 Å². The highest BCUT2D eigenvalue weighted by Gasteiger charge is 2.37. The molecule has 0 aliphatic heterocycles. The average molecular weight is 713 g/mol. The van der Waals surface area contributed by atoms with E-state index in [4.69, 9.17) is 28.4 Å². The summed E-state index contributed by atoms with van der Waals surface area (Å²) >= 11 is 0. The van der Waals surface area contributed by atoms with Crippen molar-refractivity contribution in [2.45, 2.75) is 65.7 Å². The fraction of sp³-hybridized carbons (Fsp3) is 0.372. The Morgan fingerprint density at radius 2 is 0.904 bits per heavy atom. The Morgan fingerprint density at radius 3 is 1.37 bits per heavy atom. The largest absolute Gasteiger partial charge is 0.490 e. The number of carbonyl (C=O) groups is 3. The Balaban J connectivity index is 2.08. The summed E-state index contributed by atoms with van der Waals surface area (Å²) in [6.45, 7) is 24.7. The van der Waals surface area contributed by atoms with Crippen LogP contribution < -0.4 is 14.2 Å². The number of esters is 3. The molecule has 0 bridgehead atoms. The molecule has 0 fully saturated rings. The van der Waals surface area contributed by atoms with Crippen LogP contribution in [0.2, 0.25) is 0 Å². The fourth-order valence-electron chi connectivity index (χ4n) is 5.67. The first kappa shape index (κ1) is 41.1. The maximum atomic E-state index is 12.2. The summed E-state index contributed by atoms with van der Waals surface area (Å²) in [4.78, 5) is 36.0. The third kappa shape index (κ3) is 10.4. The molecule has 0 aliphatic carbocycles. The summed E-state index contributed by atoms with van der Waals surface area (Å²) in [5, 5.41) is 0. The third-order valence-corrected chi connectivity index (χ3v) is 8.79. The van der Waals surface area contributed by atoms with E-state index >= 15 is 0 Å². The molecule has 0 amide bonds. The van der Waals surface area contributed by atoms with E-state index in [-0.39, 0.29) is 39.6 Å². The minimum Gasteiger partial charge on any atom is -0.490 e. The molecule has 3 aromatic rings. The quantitative estimate of drug-likeness (QED) is 0.0496. The lowest BCUT2D eigenvalue weighted by Crippen LogP contribution is -2.28. The minimum absolute atomic E-state index is 0.0218. The van der Waals surface area contributed by atoms with Crippen LogP contribution in [0.5, 0.6) is 17.2 Å². The number of ether oxygens (including phenoxy) is 6. The highest BCUT2D eigenvalue weighted by atomic mass is 16.6. The van der Waals surface area contributed by atoms with Gasteiger partial charge in [-0.3, -0.25) is 0 Å². The van der Waals surface area contributed by atoms with E-state index in [9.17, 15) is 14.4 Å². The van der Waals surface area contributed by atoms with Gasteiger partial charge in [-0.2, -0.15) is 0 Å². The molecule has 3 aromatic carbocycles. The van der Waals surface area contributed by atoms with Gasteiger partial charge in [0.15, 0.2) is 0 Å². The first-order valence-electron chi connectivity index (χ1n) is 17.3. The van der Waals surface area contributed by atoms with Gasteiger partial charge in [0.25, 0.3) is 0 Å². The summed E-state index contributed by atoms with van der Waals surface area (Å²) < 4.78 is 34.9. The zero-order valence-corrected chi connectivity index (χ0v) is 31.6. The zero-order valence-electron chi connectivity index (χ0n) is 31.6. The molecule has 0 saturated heterocycles. The van der Waals surface area contributed by atoms with Crippen molar-refractivity contribution >= 4 is 17.9 Å². The van der Waals surface area contributed by atoms with Crippen LogP contribution >= 0.6 is 0 Å². The molecular formula is C43H52O9. The lowest BCUT2D eigenvalue weighted by atomic mass is 9.70. The van der Waals surface area contributed by atoms with Gasteiger partial charge < -0.3 is 28.4 Å². The molecule has 0 heterocycles. The van der Waals surface area contributed by atoms with E-state index < -0.39 is 28.7 Å². The second kappa shape index (κ2) is 18.8. The SMILES string of the molecule is C=C(C)C(=O)OCCOc1ccccc1C(C)(C)c1cccc(C(C)(CC)c2ccccc2OCCOC(=O)C(=C)C)c1OCCOC(=O)C(=C)C. The summed E-state index contributed by atoms with van der Waals surface area (Å²) in [5.74, 6) is 0.491. The maximum Gasteiger partial charge on any atom is 0.333 e. The standard InChI is InChI=1S/C43H52O9/c1-11-43(10,33-18-13-15-22-37(33)48-24-27-51-40(45)30(4)5)35-20-16-19-34(38(35)49-25-28-52-41(46)31(6)7)42(8,9)32-17-12-14-21-36(32)47-23-26-50-39(44)29(2)3/h12-22H,2,4,6,11,23-28H2,1,3,5,7-10H3. The molecule has 0 N–H and O–H groups in total. The lowest BCUT2D eigenvalue weighted by molar-refractivity contribution is -0.140. The average Bonchev–Trinajstić information content (AvgIpc) is 3.13. The highest BCUT2D eigenvalue weighted by Crippen LogP contribution is 2.49. The maximum absolute atomic E-state index is 12.2.